The minimum atomic E-state index is -3.95. The van der Waals surface area contributed by atoms with E-state index >= 15 is 0 Å². The van der Waals surface area contributed by atoms with Gasteiger partial charge in [0.1, 0.15) is 0 Å². The third-order valence-electron chi connectivity index (χ3n) is 4.64. The highest BCUT2D eigenvalue weighted by molar-refractivity contribution is 7.98. The standard InChI is InChI=1S/C20H22N2O5S2/c1-27-20(24)14-6-5-7-15(12-14)21-29(25,26)16-8-9-18(28-2)17(13-16)19(23)22-10-3-4-11-22/h5-9,12-13,21H,3-4,10-11H2,1-2H3. The van der Waals surface area contributed by atoms with Crippen molar-refractivity contribution >= 4 is 39.3 Å². The number of methoxy groups -OCH3 is 1. The SMILES string of the molecule is COC(=O)c1cccc(NS(=O)(=O)c2ccc(SC)c(C(=O)N3CCCC3)c2)c1. The largest absolute Gasteiger partial charge is 0.465 e. The number of benzene rings is 2. The zero-order valence-corrected chi connectivity index (χ0v) is 17.8. The lowest BCUT2D eigenvalue weighted by atomic mass is 10.2. The Balaban J connectivity index is 1.92. The average Bonchev–Trinajstić information content (AvgIpc) is 3.27. The molecule has 1 fully saturated rings. The van der Waals surface area contributed by atoms with Crippen molar-refractivity contribution in [1.29, 1.82) is 0 Å². The molecule has 1 aliphatic heterocycles. The van der Waals surface area contributed by atoms with Crippen molar-refractivity contribution in [2.45, 2.75) is 22.6 Å². The fourth-order valence-electron chi connectivity index (χ4n) is 3.15. The van der Waals surface area contributed by atoms with E-state index in [1.165, 1.54) is 49.2 Å². The number of anilines is 1. The number of carbonyl (C=O) groups excluding carboxylic acids is 2. The Morgan fingerprint density at radius 2 is 1.83 bits per heavy atom. The van der Waals surface area contributed by atoms with Gasteiger partial charge in [-0.2, -0.15) is 0 Å². The van der Waals surface area contributed by atoms with E-state index in [2.05, 4.69) is 9.46 Å². The fourth-order valence-corrected chi connectivity index (χ4v) is 4.80. The van der Waals surface area contributed by atoms with Gasteiger partial charge < -0.3 is 9.64 Å². The van der Waals surface area contributed by atoms with E-state index < -0.39 is 16.0 Å². The van der Waals surface area contributed by atoms with Crippen LogP contribution in [0.3, 0.4) is 0 Å². The third-order valence-corrected chi connectivity index (χ3v) is 6.82. The van der Waals surface area contributed by atoms with Crippen molar-refractivity contribution < 1.29 is 22.7 Å². The number of likely N-dealkylation sites (tertiary alicyclic amines) is 1. The average molecular weight is 435 g/mol. The highest BCUT2D eigenvalue weighted by Gasteiger charge is 2.24. The molecule has 2 aromatic rings. The van der Waals surface area contributed by atoms with Crippen molar-refractivity contribution in [3.63, 3.8) is 0 Å². The molecule has 0 aromatic heterocycles. The van der Waals surface area contributed by atoms with Gasteiger partial charge in [0, 0.05) is 23.7 Å². The predicted molar refractivity (Wildman–Crippen MR) is 112 cm³/mol. The Morgan fingerprint density at radius 3 is 2.48 bits per heavy atom. The topological polar surface area (TPSA) is 92.8 Å². The molecule has 0 aliphatic carbocycles. The second-order valence-corrected chi connectivity index (χ2v) is 9.07. The number of rotatable bonds is 6. The maximum atomic E-state index is 12.9. The first-order valence-electron chi connectivity index (χ1n) is 9.04. The van der Waals surface area contributed by atoms with E-state index in [9.17, 15) is 18.0 Å². The Hall–Kier alpha value is -2.52. The summed E-state index contributed by atoms with van der Waals surface area (Å²) < 4.78 is 32.9. The molecular formula is C20H22N2O5S2. The summed E-state index contributed by atoms with van der Waals surface area (Å²) in [6.45, 7) is 1.37. The first-order chi connectivity index (χ1) is 13.9. The number of carbonyl (C=O) groups is 2. The van der Waals surface area contributed by atoms with Crippen molar-refractivity contribution in [3.8, 4) is 0 Å². The fraction of sp³-hybridized carbons (Fsp3) is 0.300. The summed E-state index contributed by atoms with van der Waals surface area (Å²) in [6, 6.07) is 10.6. The maximum Gasteiger partial charge on any atom is 0.337 e. The number of esters is 1. The van der Waals surface area contributed by atoms with Gasteiger partial charge in [-0.25, -0.2) is 13.2 Å². The number of ether oxygens (including phenoxy) is 1. The summed E-state index contributed by atoms with van der Waals surface area (Å²) in [5.74, 6) is -0.717. The molecule has 0 saturated carbocycles. The molecule has 3 rings (SSSR count). The highest BCUT2D eigenvalue weighted by atomic mass is 32.2. The number of amides is 1. The van der Waals surface area contributed by atoms with Crippen LogP contribution in [-0.2, 0) is 14.8 Å². The summed E-state index contributed by atoms with van der Waals surface area (Å²) in [4.78, 5) is 27.0. The zero-order valence-electron chi connectivity index (χ0n) is 16.2. The Bertz CT molecular complexity index is 1030. The summed E-state index contributed by atoms with van der Waals surface area (Å²) in [7, 11) is -2.69. The van der Waals surface area contributed by atoms with E-state index in [1.54, 1.807) is 17.0 Å². The maximum absolute atomic E-state index is 12.9. The van der Waals surface area contributed by atoms with Crippen LogP contribution >= 0.6 is 11.8 Å². The van der Waals surface area contributed by atoms with Gasteiger partial charge in [-0.1, -0.05) is 6.07 Å². The van der Waals surface area contributed by atoms with E-state index in [0.29, 0.717) is 18.7 Å². The van der Waals surface area contributed by atoms with Crippen LogP contribution in [0.5, 0.6) is 0 Å². The molecule has 0 atom stereocenters. The van der Waals surface area contributed by atoms with Crippen LogP contribution < -0.4 is 4.72 Å². The van der Waals surface area contributed by atoms with Crippen molar-refractivity contribution in [2.24, 2.45) is 0 Å². The molecule has 154 valence electrons. The molecule has 1 saturated heterocycles. The number of sulfonamides is 1. The Morgan fingerprint density at radius 1 is 1.10 bits per heavy atom. The third kappa shape index (κ3) is 4.73. The lowest BCUT2D eigenvalue weighted by molar-refractivity contribution is 0.0600. The van der Waals surface area contributed by atoms with Crippen LogP contribution in [-0.4, -0.2) is 51.6 Å². The molecule has 0 unspecified atom stereocenters. The summed E-state index contributed by atoms with van der Waals surface area (Å²) in [5, 5.41) is 0. The van der Waals surface area contributed by atoms with E-state index in [0.717, 1.165) is 17.7 Å². The lowest BCUT2D eigenvalue weighted by Crippen LogP contribution is -2.28. The first-order valence-corrected chi connectivity index (χ1v) is 11.7. The van der Waals surface area contributed by atoms with Gasteiger partial charge in [0.25, 0.3) is 15.9 Å². The second kappa shape index (κ2) is 8.87. The number of thioether (sulfide) groups is 1. The molecule has 2 aromatic carbocycles. The second-order valence-electron chi connectivity index (χ2n) is 6.54. The first kappa shape index (κ1) is 21.2. The molecule has 1 amide bonds. The summed E-state index contributed by atoms with van der Waals surface area (Å²) in [5.41, 5.74) is 0.843. The number of hydrogen-bond donors (Lipinski definition) is 1. The smallest absolute Gasteiger partial charge is 0.337 e. The van der Waals surface area contributed by atoms with Crippen LogP contribution in [0.4, 0.5) is 5.69 Å². The molecule has 29 heavy (non-hydrogen) atoms. The monoisotopic (exact) mass is 434 g/mol. The van der Waals surface area contributed by atoms with E-state index in [-0.39, 0.29) is 22.1 Å². The molecular weight excluding hydrogens is 412 g/mol. The van der Waals surface area contributed by atoms with Crippen molar-refractivity contribution in [3.05, 3.63) is 53.6 Å². The Kier molecular flexibility index (Phi) is 6.49. The number of hydrogen-bond acceptors (Lipinski definition) is 6. The molecule has 1 aliphatic rings. The molecule has 1 heterocycles. The molecule has 7 nitrogen and oxygen atoms in total. The van der Waals surface area contributed by atoms with Crippen LogP contribution in [0.15, 0.2) is 52.3 Å². The molecule has 0 spiro atoms. The molecule has 9 heteroatoms. The quantitative estimate of drug-likeness (QED) is 0.554. The molecule has 0 bridgehead atoms. The van der Waals surface area contributed by atoms with Crippen molar-refractivity contribution in [2.75, 3.05) is 31.2 Å². The summed E-state index contributed by atoms with van der Waals surface area (Å²) >= 11 is 1.40. The minimum absolute atomic E-state index is 0.0127. The molecule has 0 radical (unpaired) electrons. The van der Waals surface area contributed by atoms with Gasteiger partial charge in [0.2, 0.25) is 0 Å². The normalized spacial score (nSPS) is 13.9. The highest BCUT2D eigenvalue weighted by Crippen LogP contribution is 2.27. The molecule has 1 N–H and O–H groups in total. The van der Waals surface area contributed by atoms with E-state index in [1.807, 2.05) is 6.26 Å². The van der Waals surface area contributed by atoms with E-state index in [4.69, 9.17) is 0 Å². The van der Waals surface area contributed by atoms with Gasteiger partial charge in [0.05, 0.1) is 23.1 Å². The number of nitrogens with one attached hydrogen (secondary N) is 1. The van der Waals surface area contributed by atoms with Crippen LogP contribution in [0, 0.1) is 0 Å². The van der Waals surface area contributed by atoms with Gasteiger partial charge >= 0.3 is 5.97 Å². The van der Waals surface area contributed by atoms with Crippen LogP contribution in [0.2, 0.25) is 0 Å². The predicted octanol–water partition coefficient (Wildman–Crippen LogP) is 3.23. The van der Waals surface area contributed by atoms with Crippen LogP contribution in [0.1, 0.15) is 33.6 Å². The van der Waals surface area contributed by atoms with Crippen LogP contribution in [0.25, 0.3) is 0 Å². The summed E-state index contributed by atoms with van der Waals surface area (Å²) in [6.07, 6.45) is 3.76. The minimum Gasteiger partial charge on any atom is -0.465 e. The van der Waals surface area contributed by atoms with Gasteiger partial charge in [-0.15, -0.1) is 11.8 Å². The van der Waals surface area contributed by atoms with Gasteiger partial charge in [-0.05, 0) is 55.5 Å². The Labute approximate surface area is 174 Å². The lowest BCUT2D eigenvalue weighted by Gasteiger charge is -2.18. The zero-order chi connectivity index (χ0) is 21.0. The van der Waals surface area contributed by atoms with Gasteiger partial charge in [0.15, 0.2) is 0 Å². The van der Waals surface area contributed by atoms with Gasteiger partial charge in [-0.3, -0.25) is 9.52 Å². The number of nitrogens with zero attached hydrogens (tertiary/aromatic N) is 1. The van der Waals surface area contributed by atoms with Crippen molar-refractivity contribution in [1.82, 2.24) is 4.90 Å².